The Kier molecular flexibility index (Phi) is 6.17. The van der Waals surface area contributed by atoms with Crippen LogP contribution in [-0.4, -0.2) is 35.2 Å². The quantitative estimate of drug-likeness (QED) is 0.805. The molecule has 0 amide bonds. The first-order valence-electron chi connectivity index (χ1n) is 8.18. The molecule has 0 atom stereocenters. The molecule has 0 unspecified atom stereocenters. The lowest BCUT2D eigenvalue weighted by Crippen LogP contribution is -2.46. The van der Waals surface area contributed by atoms with Gasteiger partial charge in [0.15, 0.2) is 0 Å². The van der Waals surface area contributed by atoms with E-state index < -0.39 is 5.60 Å². The van der Waals surface area contributed by atoms with E-state index in [9.17, 15) is 5.11 Å². The van der Waals surface area contributed by atoms with Crippen LogP contribution in [0.1, 0.15) is 25.0 Å². The maximum Gasteiger partial charge on any atom is 0.0854 e. The molecule has 0 aliphatic rings. The van der Waals surface area contributed by atoms with Crippen molar-refractivity contribution in [2.75, 3.05) is 19.6 Å². The van der Waals surface area contributed by atoms with E-state index in [-0.39, 0.29) is 0 Å². The fourth-order valence-corrected chi connectivity index (χ4v) is 2.99. The van der Waals surface area contributed by atoms with Gasteiger partial charge in [0.1, 0.15) is 0 Å². The zero-order valence-corrected chi connectivity index (χ0v) is 13.7. The third-order valence-electron chi connectivity index (χ3n) is 4.16. The molecule has 0 bridgehead atoms. The molecule has 2 rings (SSSR count). The molecular weight excluding hydrogens is 270 g/mol. The van der Waals surface area contributed by atoms with Gasteiger partial charge in [-0.15, -0.1) is 0 Å². The Morgan fingerprint density at radius 1 is 0.773 bits per heavy atom. The van der Waals surface area contributed by atoms with E-state index in [1.54, 1.807) is 0 Å². The standard InChI is InChI=1S/C20H27NO/c1-3-21(4-2)17-20(22,15-18-11-7-5-8-12-18)16-19-13-9-6-10-14-19/h5-14,22H,3-4,15-17H2,1-2H3. The molecule has 0 aliphatic heterocycles. The molecule has 0 aromatic heterocycles. The molecule has 0 heterocycles. The number of benzene rings is 2. The normalized spacial score (nSPS) is 11.8. The first-order chi connectivity index (χ1) is 10.6. The molecule has 2 nitrogen and oxygen atoms in total. The Labute approximate surface area is 134 Å². The minimum atomic E-state index is -0.741. The highest BCUT2D eigenvalue weighted by atomic mass is 16.3. The summed E-state index contributed by atoms with van der Waals surface area (Å²) in [6.45, 7) is 6.92. The van der Waals surface area contributed by atoms with E-state index >= 15 is 0 Å². The molecule has 0 aliphatic carbocycles. The minimum Gasteiger partial charge on any atom is -0.388 e. The lowest BCUT2D eigenvalue weighted by Gasteiger charge is -2.34. The molecule has 1 N–H and O–H groups in total. The lowest BCUT2D eigenvalue weighted by molar-refractivity contribution is 0.00624. The third kappa shape index (κ3) is 4.97. The van der Waals surface area contributed by atoms with Crippen molar-refractivity contribution in [2.24, 2.45) is 0 Å². The first-order valence-corrected chi connectivity index (χ1v) is 8.18. The van der Waals surface area contributed by atoms with Crippen molar-refractivity contribution in [3.8, 4) is 0 Å². The zero-order valence-electron chi connectivity index (χ0n) is 13.7. The van der Waals surface area contributed by atoms with Crippen molar-refractivity contribution >= 4 is 0 Å². The Morgan fingerprint density at radius 2 is 1.18 bits per heavy atom. The molecule has 2 aromatic carbocycles. The summed E-state index contributed by atoms with van der Waals surface area (Å²) in [7, 11) is 0. The molecule has 0 radical (unpaired) electrons. The maximum absolute atomic E-state index is 11.3. The highest BCUT2D eigenvalue weighted by Gasteiger charge is 2.29. The molecule has 0 fully saturated rings. The second-order valence-electron chi connectivity index (χ2n) is 6.01. The van der Waals surface area contributed by atoms with Crippen LogP contribution in [0.15, 0.2) is 60.7 Å². The van der Waals surface area contributed by atoms with Crippen LogP contribution in [-0.2, 0) is 12.8 Å². The molecular formula is C20H27NO. The summed E-state index contributed by atoms with van der Waals surface area (Å²) in [6.07, 6.45) is 1.36. The van der Waals surface area contributed by atoms with E-state index in [2.05, 4.69) is 43.0 Å². The fourth-order valence-electron chi connectivity index (χ4n) is 2.99. The Morgan fingerprint density at radius 3 is 1.55 bits per heavy atom. The highest BCUT2D eigenvalue weighted by Crippen LogP contribution is 2.21. The van der Waals surface area contributed by atoms with Gasteiger partial charge in [-0.25, -0.2) is 0 Å². The van der Waals surface area contributed by atoms with Crippen molar-refractivity contribution in [2.45, 2.75) is 32.3 Å². The van der Waals surface area contributed by atoms with Gasteiger partial charge in [0, 0.05) is 19.4 Å². The predicted molar refractivity (Wildman–Crippen MR) is 93.0 cm³/mol. The smallest absolute Gasteiger partial charge is 0.0854 e. The topological polar surface area (TPSA) is 23.5 Å². The largest absolute Gasteiger partial charge is 0.388 e. The summed E-state index contributed by atoms with van der Waals surface area (Å²) in [5.41, 5.74) is 1.63. The van der Waals surface area contributed by atoms with Gasteiger partial charge in [-0.2, -0.15) is 0 Å². The van der Waals surface area contributed by atoms with Crippen molar-refractivity contribution in [3.05, 3.63) is 71.8 Å². The summed E-state index contributed by atoms with van der Waals surface area (Å²) in [5.74, 6) is 0. The highest BCUT2D eigenvalue weighted by molar-refractivity contribution is 5.21. The van der Waals surface area contributed by atoms with Crippen LogP contribution in [0.2, 0.25) is 0 Å². The fraction of sp³-hybridized carbons (Fsp3) is 0.400. The molecule has 0 saturated heterocycles. The lowest BCUT2D eigenvalue weighted by atomic mass is 9.87. The number of rotatable bonds is 8. The van der Waals surface area contributed by atoms with Crippen molar-refractivity contribution < 1.29 is 5.11 Å². The molecule has 22 heavy (non-hydrogen) atoms. The molecule has 118 valence electrons. The third-order valence-corrected chi connectivity index (χ3v) is 4.16. The Bertz CT molecular complexity index is 493. The second-order valence-corrected chi connectivity index (χ2v) is 6.01. The van der Waals surface area contributed by atoms with Crippen molar-refractivity contribution in [1.82, 2.24) is 4.90 Å². The van der Waals surface area contributed by atoms with Crippen LogP contribution in [0.5, 0.6) is 0 Å². The van der Waals surface area contributed by atoms with Gasteiger partial charge in [0.25, 0.3) is 0 Å². The van der Waals surface area contributed by atoms with E-state index in [4.69, 9.17) is 0 Å². The summed E-state index contributed by atoms with van der Waals surface area (Å²) in [4.78, 5) is 2.30. The van der Waals surface area contributed by atoms with Gasteiger partial charge >= 0.3 is 0 Å². The zero-order chi connectivity index (χ0) is 15.8. The summed E-state index contributed by atoms with van der Waals surface area (Å²) in [5, 5.41) is 11.3. The van der Waals surface area contributed by atoms with Gasteiger partial charge in [-0.3, -0.25) is 0 Å². The van der Waals surface area contributed by atoms with E-state index in [0.717, 1.165) is 13.1 Å². The maximum atomic E-state index is 11.3. The van der Waals surface area contributed by atoms with Gasteiger partial charge in [-0.1, -0.05) is 74.5 Å². The second kappa shape index (κ2) is 8.11. The molecule has 2 aromatic rings. The van der Waals surface area contributed by atoms with E-state index in [1.807, 2.05) is 36.4 Å². The van der Waals surface area contributed by atoms with Crippen molar-refractivity contribution in [3.63, 3.8) is 0 Å². The van der Waals surface area contributed by atoms with Crippen molar-refractivity contribution in [1.29, 1.82) is 0 Å². The predicted octanol–water partition coefficient (Wildman–Crippen LogP) is 3.54. The minimum absolute atomic E-state index is 0.680. The van der Waals surface area contributed by atoms with Gasteiger partial charge < -0.3 is 10.0 Å². The molecule has 0 spiro atoms. The van der Waals surface area contributed by atoms with Gasteiger partial charge in [0.2, 0.25) is 0 Å². The molecule has 2 heteroatoms. The van der Waals surface area contributed by atoms with Crippen LogP contribution in [0, 0.1) is 0 Å². The number of nitrogens with zero attached hydrogens (tertiary/aromatic N) is 1. The average Bonchev–Trinajstić information content (AvgIpc) is 2.54. The number of hydrogen-bond acceptors (Lipinski definition) is 2. The number of aliphatic hydroxyl groups is 1. The van der Waals surface area contributed by atoms with Gasteiger partial charge in [0.05, 0.1) is 5.60 Å². The summed E-state index contributed by atoms with van der Waals surface area (Å²) >= 11 is 0. The number of likely N-dealkylation sites (N-methyl/N-ethyl adjacent to an activating group) is 1. The van der Waals surface area contributed by atoms with Gasteiger partial charge in [-0.05, 0) is 24.2 Å². The first kappa shape index (κ1) is 16.7. The van der Waals surface area contributed by atoms with E-state index in [1.165, 1.54) is 11.1 Å². The molecule has 0 saturated carbocycles. The van der Waals surface area contributed by atoms with Crippen LogP contribution in [0.3, 0.4) is 0 Å². The Hall–Kier alpha value is -1.64. The monoisotopic (exact) mass is 297 g/mol. The summed E-state index contributed by atoms with van der Waals surface area (Å²) in [6, 6.07) is 20.6. The van der Waals surface area contributed by atoms with Crippen LogP contribution < -0.4 is 0 Å². The van der Waals surface area contributed by atoms with Crippen LogP contribution in [0.25, 0.3) is 0 Å². The van der Waals surface area contributed by atoms with Crippen LogP contribution >= 0.6 is 0 Å². The number of hydrogen-bond donors (Lipinski definition) is 1. The van der Waals surface area contributed by atoms with E-state index in [0.29, 0.717) is 19.4 Å². The summed E-state index contributed by atoms with van der Waals surface area (Å²) < 4.78 is 0. The van der Waals surface area contributed by atoms with Crippen LogP contribution in [0.4, 0.5) is 0 Å². The average molecular weight is 297 g/mol. The Balaban J connectivity index is 2.19. The SMILES string of the molecule is CCN(CC)CC(O)(Cc1ccccc1)Cc1ccccc1.